The van der Waals surface area contributed by atoms with Crippen molar-refractivity contribution in [3.05, 3.63) is 23.8 Å². The molecule has 0 aliphatic rings. The van der Waals surface area contributed by atoms with E-state index in [0.717, 1.165) is 12.1 Å². The maximum absolute atomic E-state index is 12.3. The third kappa shape index (κ3) is 4.15. The molecule has 0 N–H and O–H groups in total. The summed E-state index contributed by atoms with van der Waals surface area (Å²) in [6.45, 7) is 4.12. The minimum absolute atomic E-state index is 0.131. The van der Waals surface area contributed by atoms with Gasteiger partial charge in [-0.1, -0.05) is 13.8 Å². The summed E-state index contributed by atoms with van der Waals surface area (Å²) in [4.78, 5) is 11.1. The zero-order chi connectivity index (χ0) is 14.6. The van der Waals surface area contributed by atoms with Gasteiger partial charge in [-0.15, -0.1) is 0 Å². The second-order valence-electron chi connectivity index (χ2n) is 4.40. The molecule has 0 aliphatic heterocycles. The van der Waals surface area contributed by atoms with Gasteiger partial charge < -0.3 is 9.47 Å². The third-order valence-corrected chi connectivity index (χ3v) is 2.26. The number of halogens is 3. The number of hydrogen-bond acceptors (Lipinski definition) is 3. The van der Waals surface area contributed by atoms with Crippen molar-refractivity contribution in [2.45, 2.75) is 20.0 Å². The Kier molecular flexibility index (Phi) is 4.80. The lowest BCUT2D eigenvalue weighted by Crippen LogP contribution is -2.22. The van der Waals surface area contributed by atoms with Crippen LogP contribution in [-0.2, 0) is 0 Å². The number of methoxy groups -OCH3 is 1. The van der Waals surface area contributed by atoms with Gasteiger partial charge in [-0.05, 0) is 24.1 Å². The van der Waals surface area contributed by atoms with Crippen molar-refractivity contribution >= 4 is 5.78 Å². The summed E-state index contributed by atoms with van der Waals surface area (Å²) in [5, 5.41) is 0. The summed E-state index contributed by atoms with van der Waals surface area (Å²) in [5.41, 5.74) is -0.466. The third-order valence-electron chi connectivity index (χ3n) is 2.26. The van der Waals surface area contributed by atoms with Gasteiger partial charge in [0.1, 0.15) is 0 Å². The summed E-state index contributed by atoms with van der Waals surface area (Å²) < 4.78 is 47.4. The van der Waals surface area contributed by atoms with Gasteiger partial charge >= 0.3 is 6.18 Å². The SMILES string of the molecule is COc1ccc(C(=O)C(F)(F)F)cc1OCC(C)C. The number of alkyl halides is 3. The number of rotatable bonds is 5. The van der Waals surface area contributed by atoms with Crippen LogP contribution in [0.25, 0.3) is 0 Å². The summed E-state index contributed by atoms with van der Waals surface area (Å²) in [5.74, 6) is -1.28. The minimum Gasteiger partial charge on any atom is -0.493 e. The number of Topliss-reactive ketones (excluding diaryl/α,β-unsaturated/α-hetero) is 1. The van der Waals surface area contributed by atoms with Gasteiger partial charge in [0, 0.05) is 5.56 Å². The smallest absolute Gasteiger partial charge is 0.454 e. The predicted molar refractivity (Wildman–Crippen MR) is 63.7 cm³/mol. The van der Waals surface area contributed by atoms with Gasteiger partial charge in [0.25, 0.3) is 5.78 Å². The van der Waals surface area contributed by atoms with E-state index in [4.69, 9.17) is 9.47 Å². The first-order chi connectivity index (χ1) is 8.75. The Morgan fingerprint density at radius 3 is 2.37 bits per heavy atom. The molecule has 3 nitrogen and oxygen atoms in total. The van der Waals surface area contributed by atoms with Crippen LogP contribution in [-0.4, -0.2) is 25.7 Å². The van der Waals surface area contributed by atoms with Gasteiger partial charge in [0.15, 0.2) is 11.5 Å². The maximum atomic E-state index is 12.3. The minimum atomic E-state index is -4.90. The van der Waals surface area contributed by atoms with E-state index in [1.165, 1.54) is 13.2 Å². The molecule has 1 aromatic rings. The van der Waals surface area contributed by atoms with Gasteiger partial charge in [-0.2, -0.15) is 13.2 Å². The molecule has 1 rings (SSSR count). The number of carbonyl (C=O) groups excluding carboxylic acids is 1. The average molecular weight is 276 g/mol. The quantitative estimate of drug-likeness (QED) is 0.772. The summed E-state index contributed by atoms with van der Waals surface area (Å²) in [6.07, 6.45) is -4.90. The monoisotopic (exact) mass is 276 g/mol. The molecule has 0 spiro atoms. The lowest BCUT2D eigenvalue weighted by molar-refractivity contribution is -0.0885. The van der Waals surface area contributed by atoms with Gasteiger partial charge in [0.05, 0.1) is 13.7 Å². The normalized spacial score (nSPS) is 11.5. The molecular weight excluding hydrogens is 261 g/mol. The standard InChI is InChI=1S/C13H15F3O3/c1-8(2)7-19-11-6-9(4-5-10(11)18-3)12(17)13(14,15)16/h4-6,8H,7H2,1-3H3. The number of carbonyl (C=O) groups is 1. The molecule has 0 aliphatic carbocycles. The topological polar surface area (TPSA) is 35.5 Å². The Bertz CT molecular complexity index is 453. The molecule has 6 heteroatoms. The van der Waals surface area contributed by atoms with Crippen LogP contribution in [0.4, 0.5) is 13.2 Å². The van der Waals surface area contributed by atoms with E-state index in [2.05, 4.69) is 0 Å². The molecule has 0 atom stereocenters. The van der Waals surface area contributed by atoms with E-state index in [9.17, 15) is 18.0 Å². The van der Waals surface area contributed by atoms with E-state index in [-0.39, 0.29) is 11.7 Å². The van der Waals surface area contributed by atoms with Crippen molar-refractivity contribution in [3.8, 4) is 11.5 Å². The molecule has 19 heavy (non-hydrogen) atoms. The molecule has 0 saturated carbocycles. The van der Waals surface area contributed by atoms with Crippen molar-refractivity contribution in [3.63, 3.8) is 0 Å². The fourth-order valence-electron chi connectivity index (χ4n) is 1.35. The average Bonchev–Trinajstić information content (AvgIpc) is 2.33. The van der Waals surface area contributed by atoms with Crippen molar-refractivity contribution in [1.29, 1.82) is 0 Å². The first kappa shape index (κ1) is 15.3. The molecule has 106 valence electrons. The van der Waals surface area contributed by atoms with Crippen LogP contribution < -0.4 is 9.47 Å². The largest absolute Gasteiger partial charge is 0.493 e. The molecule has 0 radical (unpaired) electrons. The van der Waals surface area contributed by atoms with E-state index in [0.29, 0.717) is 12.4 Å². The highest BCUT2D eigenvalue weighted by molar-refractivity contribution is 6.00. The van der Waals surface area contributed by atoms with Crippen LogP contribution in [0.5, 0.6) is 11.5 Å². The molecule has 0 aromatic heterocycles. The van der Waals surface area contributed by atoms with Crippen molar-refractivity contribution in [2.75, 3.05) is 13.7 Å². The lowest BCUT2D eigenvalue weighted by Gasteiger charge is -2.14. The fraction of sp³-hybridized carbons (Fsp3) is 0.462. The maximum Gasteiger partial charge on any atom is 0.454 e. The number of ketones is 1. The molecule has 0 amide bonds. The Labute approximate surface area is 109 Å². The predicted octanol–water partition coefficient (Wildman–Crippen LogP) is 3.48. The zero-order valence-electron chi connectivity index (χ0n) is 10.9. The summed E-state index contributed by atoms with van der Waals surface area (Å²) >= 11 is 0. The summed E-state index contributed by atoms with van der Waals surface area (Å²) in [7, 11) is 1.38. The van der Waals surface area contributed by atoms with Crippen LogP contribution in [0, 0.1) is 5.92 Å². The highest BCUT2D eigenvalue weighted by Crippen LogP contribution is 2.31. The second kappa shape index (κ2) is 5.95. The first-order valence-corrected chi connectivity index (χ1v) is 5.68. The summed E-state index contributed by atoms with van der Waals surface area (Å²) in [6, 6.07) is 3.41. The van der Waals surface area contributed by atoms with Gasteiger partial charge in [-0.3, -0.25) is 4.79 Å². The highest BCUT2D eigenvalue weighted by atomic mass is 19.4. The van der Waals surface area contributed by atoms with Crippen molar-refractivity contribution in [2.24, 2.45) is 5.92 Å². The first-order valence-electron chi connectivity index (χ1n) is 5.68. The second-order valence-corrected chi connectivity index (χ2v) is 4.40. The Morgan fingerprint density at radius 1 is 1.26 bits per heavy atom. The molecule has 0 bridgehead atoms. The lowest BCUT2D eigenvalue weighted by atomic mass is 10.1. The zero-order valence-corrected chi connectivity index (χ0v) is 10.9. The molecule has 0 unspecified atom stereocenters. The van der Waals surface area contributed by atoms with Crippen LogP contribution >= 0.6 is 0 Å². The number of hydrogen-bond donors (Lipinski definition) is 0. The van der Waals surface area contributed by atoms with Crippen LogP contribution in [0.15, 0.2) is 18.2 Å². The molecular formula is C13H15F3O3. The van der Waals surface area contributed by atoms with Crippen LogP contribution in [0.2, 0.25) is 0 Å². The van der Waals surface area contributed by atoms with E-state index >= 15 is 0 Å². The highest BCUT2D eigenvalue weighted by Gasteiger charge is 2.39. The molecule has 0 heterocycles. The number of ether oxygens (including phenoxy) is 2. The van der Waals surface area contributed by atoms with Crippen molar-refractivity contribution < 1.29 is 27.4 Å². The van der Waals surface area contributed by atoms with E-state index in [1.54, 1.807) is 0 Å². The molecule has 0 fully saturated rings. The van der Waals surface area contributed by atoms with Gasteiger partial charge in [0.2, 0.25) is 0 Å². The van der Waals surface area contributed by atoms with E-state index in [1.807, 2.05) is 13.8 Å². The Morgan fingerprint density at radius 2 is 1.89 bits per heavy atom. The Hall–Kier alpha value is -1.72. The van der Waals surface area contributed by atoms with Crippen molar-refractivity contribution in [1.82, 2.24) is 0 Å². The molecule has 1 aromatic carbocycles. The Balaban J connectivity index is 3.04. The van der Waals surface area contributed by atoms with Gasteiger partial charge in [-0.25, -0.2) is 0 Å². The van der Waals surface area contributed by atoms with Crippen LogP contribution in [0.3, 0.4) is 0 Å². The number of benzene rings is 1. The van der Waals surface area contributed by atoms with E-state index < -0.39 is 17.5 Å². The fourth-order valence-corrected chi connectivity index (χ4v) is 1.35. The van der Waals surface area contributed by atoms with Crippen LogP contribution in [0.1, 0.15) is 24.2 Å². The molecule has 0 saturated heterocycles.